The van der Waals surface area contributed by atoms with Gasteiger partial charge in [-0.05, 0) is 18.2 Å². The van der Waals surface area contributed by atoms with Crippen LogP contribution in [0.25, 0.3) is 11.1 Å². The summed E-state index contributed by atoms with van der Waals surface area (Å²) in [6, 6.07) is 9.59. The van der Waals surface area contributed by atoms with E-state index in [1.807, 2.05) is 25.2 Å². The molecule has 0 radical (unpaired) electrons. The number of carbonyl (C=O) groups excluding carboxylic acids is 1. The number of nitrogens with one attached hydrogen (secondary N) is 2. The van der Waals surface area contributed by atoms with Crippen molar-refractivity contribution in [3.05, 3.63) is 41.7 Å². The fourth-order valence-electron chi connectivity index (χ4n) is 2.67. The molecule has 0 atom stereocenters. The van der Waals surface area contributed by atoms with Crippen molar-refractivity contribution in [3.63, 3.8) is 0 Å². The highest BCUT2D eigenvalue weighted by Gasteiger charge is 2.17. The standard InChI is InChI=1S/C17H17N5O/c1-19-17(23)14-4-3-11(10-21-14)13-8-16-15(7-12(13)9-18)20-5-6-22(16)2/h3-4,7-8,10,20H,5-6H2,1-2H3,(H,19,23). The number of carbonyl (C=O) groups is 1. The van der Waals surface area contributed by atoms with Gasteiger partial charge < -0.3 is 15.5 Å². The van der Waals surface area contributed by atoms with Gasteiger partial charge >= 0.3 is 0 Å². The van der Waals surface area contributed by atoms with E-state index in [1.165, 1.54) is 0 Å². The van der Waals surface area contributed by atoms with Crippen LogP contribution in [0.5, 0.6) is 0 Å². The SMILES string of the molecule is CNC(=O)c1ccc(-c2cc3c(cc2C#N)NCCN3C)cn1. The van der Waals surface area contributed by atoms with E-state index in [0.29, 0.717) is 11.3 Å². The number of aromatic nitrogens is 1. The highest BCUT2D eigenvalue weighted by molar-refractivity contribution is 5.92. The van der Waals surface area contributed by atoms with E-state index in [-0.39, 0.29) is 5.91 Å². The van der Waals surface area contributed by atoms with Crippen LogP contribution < -0.4 is 15.5 Å². The predicted octanol–water partition coefficient (Wildman–Crippen LogP) is 1.84. The molecular formula is C17H17N5O. The first-order valence-electron chi connectivity index (χ1n) is 7.35. The third-order valence-corrected chi connectivity index (χ3v) is 3.96. The Morgan fingerprint density at radius 3 is 2.91 bits per heavy atom. The summed E-state index contributed by atoms with van der Waals surface area (Å²) < 4.78 is 0. The molecule has 1 aliphatic rings. The van der Waals surface area contributed by atoms with E-state index in [4.69, 9.17) is 0 Å². The Labute approximate surface area is 134 Å². The summed E-state index contributed by atoms with van der Waals surface area (Å²) in [7, 11) is 3.60. The molecule has 1 amide bonds. The number of hydrogen-bond acceptors (Lipinski definition) is 5. The maximum Gasteiger partial charge on any atom is 0.269 e. The first-order chi connectivity index (χ1) is 11.1. The van der Waals surface area contributed by atoms with Gasteiger partial charge in [0.15, 0.2) is 0 Å². The zero-order valence-electron chi connectivity index (χ0n) is 13.1. The molecule has 0 bridgehead atoms. The van der Waals surface area contributed by atoms with E-state index in [1.54, 1.807) is 19.3 Å². The molecule has 1 aliphatic heterocycles. The van der Waals surface area contributed by atoms with Crippen LogP contribution in [0, 0.1) is 11.3 Å². The van der Waals surface area contributed by atoms with Crippen molar-refractivity contribution in [3.8, 4) is 17.2 Å². The van der Waals surface area contributed by atoms with Crippen molar-refractivity contribution in [1.82, 2.24) is 10.3 Å². The number of rotatable bonds is 2. The molecule has 2 heterocycles. The zero-order valence-corrected chi connectivity index (χ0v) is 13.1. The van der Waals surface area contributed by atoms with E-state index >= 15 is 0 Å². The average molecular weight is 307 g/mol. The smallest absolute Gasteiger partial charge is 0.269 e. The molecule has 0 saturated carbocycles. The van der Waals surface area contributed by atoms with Gasteiger partial charge in [-0.15, -0.1) is 0 Å². The minimum atomic E-state index is -0.230. The van der Waals surface area contributed by atoms with Gasteiger partial charge in [-0.1, -0.05) is 6.07 Å². The quantitative estimate of drug-likeness (QED) is 0.885. The monoisotopic (exact) mass is 307 g/mol. The number of nitriles is 1. The first kappa shape index (κ1) is 14.9. The highest BCUT2D eigenvalue weighted by atomic mass is 16.1. The molecule has 6 heteroatoms. The third-order valence-electron chi connectivity index (χ3n) is 3.96. The number of nitrogens with zero attached hydrogens (tertiary/aromatic N) is 3. The number of amides is 1. The second-order valence-corrected chi connectivity index (χ2v) is 5.39. The van der Waals surface area contributed by atoms with Crippen molar-refractivity contribution in [2.75, 3.05) is 37.4 Å². The second-order valence-electron chi connectivity index (χ2n) is 5.39. The van der Waals surface area contributed by atoms with Crippen LogP contribution in [0.3, 0.4) is 0 Å². The Morgan fingerprint density at radius 1 is 1.43 bits per heavy atom. The molecule has 0 aliphatic carbocycles. The van der Waals surface area contributed by atoms with E-state index < -0.39 is 0 Å². The van der Waals surface area contributed by atoms with Crippen LogP contribution in [0.1, 0.15) is 16.1 Å². The van der Waals surface area contributed by atoms with Gasteiger partial charge in [0.2, 0.25) is 0 Å². The zero-order chi connectivity index (χ0) is 16.4. The number of hydrogen-bond donors (Lipinski definition) is 2. The summed E-state index contributed by atoms with van der Waals surface area (Å²) in [5.41, 5.74) is 4.59. The number of likely N-dealkylation sites (N-methyl/N-ethyl adjacent to an activating group) is 1. The van der Waals surface area contributed by atoms with E-state index in [2.05, 4.69) is 26.6 Å². The molecule has 6 nitrogen and oxygen atoms in total. The Hall–Kier alpha value is -3.07. The lowest BCUT2D eigenvalue weighted by atomic mass is 9.98. The van der Waals surface area contributed by atoms with Gasteiger partial charge in [-0.2, -0.15) is 5.26 Å². The van der Waals surface area contributed by atoms with Crippen molar-refractivity contribution in [2.45, 2.75) is 0 Å². The second kappa shape index (κ2) is 5.97. The molecule has 0 spiro atoms. The largest absolute Gasteiger partial charge is 0.382 e. The summed E-state index contributed by atoms with van der Waals surface area (Å²) in [4.78, 5) is 17.9. The molecule has 1 aromatic heterocycles. The van der Waals surface area contributed by atoms with Crippen LogP contribution in [-0.4, -0.2) is 38.1 Å². The van der Waals surface area contributed by atoms with Crippen molar-refractivity contribution in [2.24, 2.45) is 0 Å². The summed E-state index contributed by atoms with van der Waals surface area (Å²) in [5, 5.41) is 15.3. The lowest BCUT2D eigenvalue weighted by molar-refractivity contribution is 0.0958. The van der Waals surface area contributed by atoms with E-state index in [9.17, 15) is 10.1 Å². The molecule has 3 rings (SSSR count). The minimum absolute atomic E-state index is 0.230. The van der Waals surface area contributed by atoms with Gasteiger partial charge in [0, 0.05) is 44.5 Å². The van der Waals surface area contributed by atoms with Crippen molar-refractivity contribution in [1.29, 1.82) is 5.26 Å². The highest BCUT2D eigenvalue weighted by Crippen LogP contribution is 2.35. The summed E-state index contributed by atoms with van der Waals surface area (Å²) in [6.07, 6.45) is 1.63. The Kier molecular flexibility index (Phi) is 3.85. The lowest BCUT2D eigenvalue weighted by Crippen LogP contribution is -2.30. The average Bonchev–Trinajstić information content (AvgIpc) is 2.60. The van der Waals surface area contributed by atoms with Crippen molar-refractivity contribution < 1.29 is 4.79 Å². The normalized spacial score (nSPS) is 12.8. The van der Waals surface area contributed by atoms with Crippen molar-refractivity contribution >= 4 is 17.3 Å². The van der Waals surface area contributed by atoms with Gasteiger partial charge in [0.05, 0.1) is 23.0 Å². The summed E-state index contributed by atoms with van der Waals surface area (Å²) in [5.74, 6) is -0.230. The predicted molar refractivity (Wildman–Crippen MR) is 89.5 cm³/mol. The molecule has 0 unspecified atom stereocenters. The number of pyridine rings is 1. The Morgan fingerprint density at radius 2 is 2.26 bits per heavy atom. The Balaban J connectivity index is 2.07. The fraction of sp³-hybridized carbons (Fsp3) is 0.235. The van der Waals surface area contributed by atoms with E-state index in [0.717, 1.165) is 35.6 Å². The third kappa shape index (κ3) is 2.69. The molecular weight excluding hydrogens is 290 g/mol. The fourth-order valence-corrected chi connectivity index (χ4v) is 2.67. The molecule has 116 valence electrons. The molecule has 23 heavy (non-hydrogen) atoms. The molecule has 0 saturated heterocycles. The number of benzene rings is 1. The molecule has 2 aromatic rings. The lowest BCUT2D eigenvalue weighted by Gasteiger charge is -2.29. The summed E-state index contributed by atoms with van der Waals surface area (Å²) in [6.45, 7) is 1.77. The van der Waals surface area contributed by atoms with Crippen LogP contribution in [-0.2, 0) is 0 Å². The number of anilines is 2. The number of fused-ring (bicyclic) bond motifs is 1. The van der Waals surface area contributed by atoms with Crippen LogP contribution in [0.2, 0.25) is 0 Å². The maximum atomic E-state index is 11.6. The van der Waals surface area contributed by atoms with Crippen LogP contribution in [0.4, 0.5) is 11.4 Å². The maximum absolute atomic E-state index is 11.6. The van der Waals surface area contributed by atoms with Crippen LogP contribution >= 0.6 is 0 Å². The summed E-state index contributed by atoms with van der Waals surface area (Å²) >= 11 is 0. The molecule has 0 fully saturated rings. The van der Waals surface area contributed by atoms with Gasteiger partial charge in [0.25, 0.3) is 5.91 Å². The Bertz CT molecular complexity index is 792. The van der Waals surface area contributed by atoms with Gasteiger partial charge in [0.1, 0.15) is 5.69 Å². The molecule has 1 aromatic carbocycles. The topological polar surface area (TPSA) is 81.0 Å². The first-order valence-corrected chi connectivity index (χ1v) is 7.35. The van der Waals surface area contributed by atoms with Gasteiger partial charge in [-0.3, -0.25) is 9.78 Å². The molecule has 2 N–H and O–H groups in total. The van der Waals surface area contributed by atoms with Gasteiger partial charge in [-0.25, -0.2) is 0 Å². The van der Waals surface area contributed by atoms with Crippen LogP contribution in [0.15, 0.2) is 30.5 Å². The minimum Gasteiger partial charge on any atom is -0.382 e.